The summed E-state index contributed by atoms with van der Waals surface area (Å²) in [6.07, 6.45) is -1.40. The lowest BCUT2D eigenvalue weighted by Gasteiger charge is -2.17. The number of nitrogens with one attached hydrogen (secondary N) is 1. The molecule has 1 amide bonds. The van der Waals surface area contributed by atoms with E-state index in [0.29, 0.717) is 28.6 Å². The number of amides is 1. The van der Waals surface area contributed by atoms with Crippen molar-refractivity contribution in [2.75, 3.05) is 6.26 Å². The van der Waals surface area contributed by atoms with Crippen molar-refractivity contribution in [2.24, 2.45) is 0 Å². The monoisotopic (exact) mass is 530 g/mol. The summed E-state index contributed by atoms with van der Waals surface area (Å²) in [6.45, 7) is 1.58. The Morgan fingerprint density at radius 2 is 1.95 bits per heavy atom. The number of rotatable bonds is 6. The molecule has 0 unspecified atom stereocenters. The Balaban J connectivity index is 1.73. The van der Waals surface area contributed by atoms with Gasteiger partial charge in [0.25, 0.3) is 5.91 Å². The van der Waals surface area contributed by atoms with Crippen LogP contribution in [0, 0.1) is 11.3 Å². The third-order valence-electron chi connectivity index (χ3n) is 5.09. The van der Waals surface area contributed by atoms with Crippen molar-refractivity contribution in [2.45, 2.75) is 24.2 Å². The smallest absolute Gasteiger partial charge is 0.406 e. The molecule has 0 saturated carbocycles. The standard InChI is InChI=1S/C23H17F3N6O4S/c1-13(30-22(33)15-8-16(36-23(24,25)26)10-17(9-15)37(2,34)35)20-31-18-4-3-7-28-21(18)32(20)19-6-5-14(11-27)12-29-19/h3-10,12-13H,1-2H3,(H,30,33)/t13-/m0/s1. The molecule has 0 aliphatic carbocycles. The number of nitriles is 1. The fraction of sp³-hybridized carbons (Fsp3) is 0.174. The van der Waals surface area contributed by atoms with Gasteiger partial charge in [-0.2, -0.15) is 5.26 Å². The number of benzene rings is 1. The van der Waals surface area contributed by atoms with E-state index < -0.39 is 38.8 Å². The number of aromatic nitrogens is 4. The number of carbonyl (C=O) groups is 1. The van der Waals surface area contributed by atoms with Crippen LogP contribution < -0.4 is 10.1 Å². The highest BCUT2D eigenvalue weighted by Crippen LogP contribution is 2.28. The van der Waals surface area contributed by atoms with Crippen molar-refractivity contribution >= 4 is 26.9 Å². The number of alkyl halides is 3. The molecular weight excluding hydrogens is 513 g/mol. The van der Waals surface area contributed by atoms with Gasteiger partial charge in [0.1, 0.15) is 29.0 Å². The summed E-state index contributed by atoms with van der Waals surface area (Å²) in [5.74, 6) is -1.09. The lowest BCUT2D eigenvalue weighted by molar-refractivity contribution is -0.274. The Labute approximate surface area is 208 Å². The van der Waals surface area contributed by atoms with E-state index in [1.165, 1.54) is 12.4 Å². The Morgan fingerprint density at radius 3 is 2.57 bits per heavy atom. The minimum absolute atomic E-state index is 0.283. The molecular formula is C23H17F3N6O4S. The maximum Gasteiger partial charge on any atom is 0.573 e. The van der Waals surface area contributed by atoms with E-state index >= 15 is 0 Å². The van der Waals surface area contributed by atoms with Crippen LogP contribution in [0.1, 0.15) is 34.7 Å². The van der Waals surface area contributed by atoms with E-state index in [0.717, 1.165) is 18.4 Å². The number of ether oxygens (including phenoxy) is 1. The number of nitrogens with zero attached hydrogens (tertiary/aromatic N) is 5. The maximum atomic E-state index is 13.0. The van der Waals surface area contributed by atoms with E-state index in [-0.39, 0.29) is 11.4 Å². The summed E-state index contributed by atoms with van der Waals surface area (Å²) in [5.41, 5.74) is 0.846. The zero-order valence-corrected chi connectivity index (χ0v) is 20.0. The van der Waals surface area contributed by atoms with Gasteiger partial charge in [-0.25, -0.2) is 23.4 Å². The first-order valence-electron chi connectivity index (χ1n) is 10.5. The van der Waals surface area contributed by atoms with Crippen LogP contribution in [-0.2, 0) is 9.84 Å². The fourth-order valence-corrected chi connectivity index (χ4v) is 4.16. The zero-order valence-electron chi connectivity index (χ0n) is 19.2. The molecule has 10 nitrogen and oxygen atoms in total. The van der Waals surface area contributed by atoms with Gasteiger partial charge < -0.3 is 10.1 Å². The quantitative estimate of drug-likeness (QED) is 0.400. The highest BCUT2D eigenvalue weighted by molar-refractivity contribution is 7.90. The Kier molecular flexibility index (Phi) is 6.57. The molecule has 190 valence electrons. The summed E-state index contributed by atoms with van der Waals surface area (Å²) in [6, 6.07) is 10.0. The van der Waals surface area contributed by atoms with Gasteiger partial charge in [-0.15, -0.1) is 13.2 Å². The number of halogens is 3. The topological polar surface area (TPSA) is 140 Å². The summed E-state index contributed by atoms with van der Waals surface area (Å²) in [5, 5.41) is 11.7. The molecule has 0 fully saturated rings. The van der Waals surface area contributed by atoms with Crippen LogP contribution in [-0.4, -0.2) is 46.5 Å². The van der Waals surface area contributed by atoms with Crippen LogP contribution in [0.5, 0.6) is 5.75 Å². The number of pyridine rings is 2. The van der Waals surface area contributed by atoms with Crippen molar-refractivity contribution < 1.29 is 31.1 Å². The van der Waals surface area contributed by atoms with Crippen LogP contribution in [0.15, 0.2) is 59.8 Å². The van der Waals surface area contributed by atoms with Gasteiger partial charge in [0.15, 0.2) is 15.5 Å². The normalized spacial score (nSPS) is 12.6. The van der Waals surface area contributed by atoms with Gasteiger partial charge >= 0.3 is 6.36 Å². The third-order valence-corrected chi connectivity index (χ3v) is 6.18. The SMILES string of the molecule is C[C@H](NC(=O)c1cc(OC(F)(F)F)cc(S(C)(=O)=O)c1)c1nc2cccnc2n1-c1ccc(C#N)cn1. The molecule has 4 rings (SSSR count). The number of fused-ring (bicyclic) bond motifs is 1. The molecule has 1 N–H and O–H groups in total. The second-order valence-electron chi connectivity index (χ2n) is 7.88. The zero-order chi connectivity index (χ0) is 27.0. The van der Waals surface area contributed by atoms with Crippen molar-refractivity contribution in [3.05, 3.63) is 71.8 Å². The largest absolute Gasteiger partial charge is 0.573 e. The van der Waals surface area contributed by atoms with Crippen LogP contribution in [0.25, 0.3) is 17.0 Å². The summed E-state index contributed by atoms with van der Waals surface area (Å²) >= 11 is 0. The lowest BCUT2D eigenvalue weighted by atomic mass is 10.2. The molecule has 37 heavy (non-hydrogen) atoms. The molecule has 4 aromatic rings. The predicted octanol–water partition coefficient (Wildman–Crippen LogP) is 3.48. The number of sulfone groups is 1. The van der Waals surface area contributed by atoms with Gasteiger partial charge in [-0.05, 0) is 49.4 Å². The number of imidazole rings is 1. The average Bonchev–Trinajstić information content (AvgIpc) is 3.22. The summed E-state index contributed by atoms with van der Waals surface area (Å²) in [7, 11) is -3.97. The second kappa shape index (κ2) is 9.51. The summed E-state index contributed by atoms with van der Waals surface area (Å²) < 4.78 is 67.7. The van der Waals surface area contributed by atoms with Crippen LogP contribution in [0.3, 0.4) is 0 Å². The second-order valence-corrected chi connectivity index (χ2v) is 9.89. The van der Waals surface area contributed by atoms with Gasteiger partial charge in [0.05, 0.1) is 16.5 Å². The molecule has 0 aliphatic heterocycles. The minimum atomic E-state index is -5.09. The Hall–Kier alpha value is -4.51. The Morgan fingerprint density at radius 1 is 1.19 bits per heavy atom. The lowest BCUT2D eigenvalue weighted by Crippen LogP contribution is -2.29. The van der Waals surface area contributed by atoms with E-state index in [1.54, 1.807) is 35.8 Å². The van der Waals surface area contributed by atoms with Crippen LogP contribution in [0.4, 0.5) is 13.2 Å². The van der Waals surface area contributed by atoms with Gasteiger partial charge in [0.2, 0.25) is 0 Å². The molecule has 0 saturated heterocycles. The third kappa shape index (κ3) is 5.67. The van der Waals surface area contributed by atoms with Crippen LogP contribution in [0.2, 0.25) is 0 Å². The molecule has 3 aromatic heterocycles. The highest BCUT2D eigenvalue weighted by Gasteiger charge is 2.32. The average molecular weight is 530 g/mol. The minimum Gasteiger partial charge on any atom is -0.406 e. The molecule has 0 bridgehead atoms. The summed E-state index contributed by atoms with van der Waals surface area (Å²) in [4.78, 5) is 25.6. The van der Waals surface area contributed by atoms with Crippen molar-refractivity contribution in [1.82, 2.24) is 24.8 Å². The molecule has 0 spiro atoms. The molecule has 3 heterocycles. The molecule has 0 radical (unpaired) electrons. The van der Waals surface area contributed by atoms with Crippen molar-refractivity contribution in [3.63, 3.8) is 0 Å². The first kappa shape index (κ1) is 25.6. The molecule has 0 aliphatic rings. The maximum absolute atomic E-state index is 13.0. The molecule has 14 heteroatoms. The predicted molar refractivity (Wildman–Crippen MR) is 123 cm³/mol. The Bertz CT molecular complexity index is 1640. The van der Waals surface area contributed by atoms with Gasteiger partial charge in [-0.1, -0.05) is 0 Å². The van der Waals surface area contributed by atoms with Crippen LogP contribution >= 0.6 is 0 Å². The van der Waals surface area contributed by atoms with E-state index in [9.17, 15) is 26.4 Å². The first-order valence-corrected chi connectivity index (χ1v) is 12.4. The van der Waals surface area contributed by atoms with Gasteiger partial charge in [0, 0.05) is 24.2 Å². The molecule has 1 aromatic carbocycles. The highest BCUT2D eigenvalue weighted by atomic mass is 32.2. The van der Waals surface area contributed by atoms with Crippen molar-refractivity contribution in [3.8, 4) is 17.6 Å². The fourth-order valence-electron chi connectivity index (χ4n) is 3.48. The van der Waals surface area contributed by atoms with Gasteiger partial charge in [-0.3, -0.25) is 9.36 Å². The first-order chi connectivity index (χ1) is 17.4. The van der Waals surface area contributed by atoms with E-state index in [1.807, 2.05) is 6.07 Å². The van der Waals surface area contributed by atoms with Crippen molar-refractivity contribution in [1.29, 1.82) is 5.26 Å². The number of hydrogen-bond acceptors (Lipinski definition) is 8. The number of hydrogen-bond donors (Lipinski definition) is 1. The van der Waals surface area contributed by atoms with E-state index in [2.05, 4.69) is 25.0 Å². The number of carbonyl (C=O) groups excluding carboxylic acids is 1. The van der Waals surface area contributed by atoms with E-state index in [4.69, 9.17) is 5.26 Å². The molecule has 1 atom stereocenters.